The number of carbonyl (C=O) groups is 3. The summed E-state index contributed by atoms with van der Waals surface area (Å²) in [7, 11) is 0. The Kier molecular flexibility index (Phi) is 4.64. The Bertz CT molecular complexity index is 981. The summed E-state index contributed by atoms with van der Waals surface area (Å²) in [5.41, 5.74) is 3.34. The van der Waals surface area contributed by atoms with E-state index in [1.165, 1.54) is 0 Å². The third-order valence-electron chi connectivity index (χ3n) is 5.81. The first-order chi connectivity index (χ1) is 13.8. The molecule has 1 saturated heterocycles. The van der Waals surface area contributed by atoms with E-state index in [4.69, 9.17) is 0 Å². The van der Waals surface area contributed by atoms with Crippen LogP contribution in [0.5, 0.6) is 0 Å². The van der Waals surface area contributed by atoms with Crippen LogP contribution in [0.25, 0.3) is 5.69 Å². The standard InChI is InChI=1S/C21H25N5O3/c1-12-8-13(2)10-16(9-12)26-14(3)11-17(25-26)22-18(27)15-4-6-21(7-5-15)19(28)23-20(29)24-21/h8-11,15H,4-7H2,1-3H3,(H,22,25,27)(H2,23,24,28,29). The normalized spacial score (nSPS) is 23.8. The second kappa shape index (κ2) is 7.02. The van der Waals surface area contributed by atoms with E-state index in [1.54, 1.807) is 0 Å². The van der Waals surface area contributed by atoms with E-state index in [9.17, 15) is 14.4 Å². The summed E-state index contributed by atoms with van der Waals surface area (Å²) in [5.74, 6) is -0.0877. The molecule has 2 aliphatic rings. The lowest BCUT2D eigenvalue weighted by molar-refractivity contribution is -0.128. The average Bonchev–Trinajstić information content (AvgIpc) is 3.13. The number of amides is 4. The Labute approximate surface area is 169 Å². The van der Waals surface area contributed by atoms with Gasteiger partial charge in [-0.25, -0.2) is 9.48 Å². The molecule has 1 aliphatic carbocycles. The molecular formula is C21H25N5O3. The molecule has 0 bridgehead atoms. The number of imide groups is 1. The van der Waals surface area contributed by atoms with Crippen molar-refractivity contribution < 1.29 is 14.4 Å². The van der Waals surface area contributed by atoms with E-state index in [1.807, 2.05) is 31.5 Å². The molecule has 1 aromatic heterocycles. The van der Waals surface area contributed by atoms with Gasteiger partial charge in [0.1, 0.15) is 5.54 Å². The lowest BCUT2D eigenvalue weighted by atomic mass is 9.76. The van der Waals surface area contributed by atoms with Crippen LogP contribution < -0.4 is 16.0 Å². The van der Waals surface area contributed by atoms with E-state index in [-0.39, 0.29) is 17.7 Å². The van der Waals surface area contributed by atoms with Crippen molar-refractivity contribution in [1.82, 2.24) is 20.4 Å². The molecule has 0 unspecified atom stereocenters. The molecule has 3 N–H and O–H groups in total. The minimum atomic E-state index is -0.852. The van der Waals surface area contributed by atoms with Gasteiger partial charge in [0.05, 0.1) is 5.69 Å². The zero-order chi connectivity index (χ0) is 20.8. The van der Waals surface area contributed by atoms with Crippen LogP contribution in [0.2, 0.25) is 0 Å². The SMILES string of the molecule is Cc1cc(C)cc(-n2nc(NC(=O)C3CCC4(CC3)NC(=O)NC4=O)cc2C)c1. The molecule has 2 aromatic rings. The first-order valence-electron chi connectivity index (χ1n) is 9.85. The van der Waals surface area contributed by atoms with Gasteiger partial charge in [0.25, 0.3) is 5.91 Å². The number of nitrogens with one attached hydrogen (secondary N) is 3. The monoisotopic (exact) mass is 395 g/mol. The second-order valence-electron chi connectivity index (χ2n) is 8.18. The smallest absolute Gasteiger partial charge is 0.322 e. The molecule has 1 saturated carbocycles. The number of aryl methyl sites for hydroxylation is 3. The van der Waals surface area contributed by atoms with Gasteiger partial charge in [-0.1, -0.05) is 6.07 Å². The first kappa shape index (κ1) is 19.2. The minimum Gasteiger partial charge on any atom is -0.323 e. The van der Waals surface area contributed by atoms with Crippen molar-refractivity contribution in [1.29, 1.82) is 0 Å². The molecule has 1 aromatic carbocycles. The van der Waals surface area contributed by atoms with Gasteiger partial charge in [-0.2, -0.15) is 0 Å². The van der Waals surface area contributed by atoms with Gasteiger partial charge in [-0.05, 0) is 69.7 Å². The summed E-state index contributed by atoms with van der Waals surface area (Å²) in [6.07, 6.45) is 1.99. The molecule has 8 heteroatoms. The highest BCUT2D eigenvalue weighted by molar-refractivity contribution is 6.07. The number of benzene rings is 1. The van der Waals surface area contributed by atoms with E-state index < -0.39 is 11.6 Å². The molecule has 29 heavy (non-hydrogen) atoms. The van der Waals surface area contributed by atoms with Gasteiger partial charge in [0.15, 0.2) is 5.82 Å². The highest BCUT2D eigenvalue weighted by Gasteiger charge is 2.48. The minimum absolute atomic E-state index is 0.102. The summed E-state index contributed by atoms with van der Waals surface area (Å²) in [6, 6.07) is 7.61. The van der Waals surface area contributed by atoms with Crippen LogP contribution in [0.1, 0.15) is 42.5 Å². The molecule has 8 nitrogen and oxygen atoms in total. The number of rotatable bonds is 3. The maximum atomic E-state index is 12.7. The second-order valence-corrected chi connectivity index (χ2v) is 8.18. The fourth-order valence-corrected chi connectivity index (χ4v) is 4.35. The summed E-state index contributed by atoms with van der Waals surface area (Å²) < 4.78 is 1.82. The van der Waals surface area contributed by atoms with Crippen molar-refractivity contribution in [2.75, 3.05) is 5.32 Å². The molecule has 4 rings (SSSR count). The van der Waals surface area contributed by atoms with Crippen LogP contribution in [0.3, 0.4) is 0 Å². The third-order valence-corrected chi connectivity index (χ3v) is 5.81. The van der Waals surface area contributed by atoms with Crippen molar-refractivity contribution in [3.63, 3.8) is 0 Å². The molecule has 4 amide bonds. The Hall–Kier alpha value is -3.16. The van der Waals surface area contributed by atoms with Crippen molar-refractivity contribution in [2.45, 2.75) is 52.0 Å². The third kappa shape index (κ3) is 3.62. The van der Waals surface area contributed by atoms with Crippen molar-refractivity contribution in [3.05, 3.63) is 41.1 Å². The molecule has 2 heterocycles. The number of nitrogens with zero attached hydrogens (tertiary/aromatic N) is 2. The molecule has 0 radical (unpaired) electrons. The molecule has 1 aliphatic heterocycles. The number of anilines is 1. The average molecular weight is 395 g/mol. The van der Waals surface area contributed by atoms with E-state index >= 15 is 0 Å². The van der Waals surface area contributed by atoms with Crippen LogP contribution in [-0.2, 0) is 9.59 Å². The fourth-order valence-electron chi connectivity index (χ4n) is 4.35. The van der Waals surface area contributed by atoms with Gasteiger partial charge >= 0.3 is 6.03 Å². The summed E-state index contributed by atoms with van der Waals surface area (Å²) in [6.45, 7) is 6.04. The van der Waals surface area contributed by atoms with Gasteiger partial charge in [-0.3, -0.25) is 14.9 Å². The number of hydrogen-bond donors (Lipinski definition) is 3. The van der Waals surface area contributed by atoms with Gasteiger partial charge in [0.2, 0.25) is 5.91 Å². The van der Waals surface area contributed by atoms with Crippen molar-refractivity contribution in [3.8, 4) is 5.69 Å². The van der Waals surface area contributed by atoms with E-state index in [0.29, 0.717) is 31.5 Å². The van der Waals surface area contributed by atoms with Crippen molar-refractivity contribution >= 4 is 23.7 Å². The zero-order valence-electron chi connectivity index (χ0n) is 16.8. The Morgan fingerprint density at radius 2 is 1.76 bits per heavy atom. The summed E-state index contributed by atoms with van der Waals surface area (Å²) in [5, 5.41) is 12.5. The highest BCUT2D eigenvalue weighted by Crippen LogP contribution is 2.34. The highest BCUT2D eigenvalue weighted by atomic mass is 16.2. The largest absolute Gasteiger partial charge is 0.323 e. The van der Waals surface area contributed by atoms with E-state index in [0.717, 1.165) is 22.5 Å². The Morgan fingerprint density at radius 3 is 2.34 bits per heavy atom. The van der Waals surface area contributed by atoms with Crippen LogP contribution in [0.4, 0.5) is 10.6 Å². The van der Waals surface area contributed by atoms with Gasteiger partial charge in [-0.15, -0.1) is 5.10 Å². The maximum absolute atomic E-state index is 12.7. The van der Waals surface area contributed by atoms with Crippen molar-refractivity contribution in [2.24, 2.45) is 5.92 Å². The molecule has 1 spiro atoms. The Balaban J connectivity index is 1.43. The lowest BCUT2D eigenvalue weighted by Gasteiger charge is -2.33. The first-order valence-corrected chi connectivity index (χ1v) is 9.85. The van der Waals surface area contributed by atoms with E-state index in [2.05, 4.69) is 39.2 Å². The summed E-state index contributed by atoms with van der Waals surface area (Å²) in [4.78, 5) is 36.2. The molecule has 152 valence electrons. The maximum Gasteiger partial charge on any atom is 0.322 e. The van der Waals surface area contributed by atoms with Crippen LogP contribution in [0.15, 0.2) is 24.3 Å². The van der Waals surface area contributed by atoms with Gasteiger partial charge < -0.3 is 10.6 Å². The predicted octanol–water partition coefficient (Wildman–Crippen LogP) is 2.50. The number of urea groups is 1. The number of carbonyl (C=O) groups excluding carboxylic acids is 3. The molecule has 2 fully saturated rings. The van der Waals surface area contributed by atoms with Crippen LogP contribution >= 0.6 is 0 Å². The Morgan fingerprint density at radius 1 is 1.10 bits per heavy atom. The molecular weight excluding hydrogens is 370 g/mol. The summed E-state index contributed by atoms with van der Waals surface area (Å²) >= 11 is 0. The topological polar surface area (TPSA) is 105 Å². The number of hydrogen-bond acceptors (Lipinski definition) is 4. The fraction of sp³-hybridized carbons (Fsp3) is 0.429. The quantitative estimate of drug-likeness (QED) is 0.695. The lowest BCUT2D eigenvalue weighted by Crippen LogP contribution is -2.50. The predicted molar refractivity (Wildman–Crippen MR) is 108 cm³/mol. The van der Waals surface area contributed by atoms with Crippen LogP contribution in [-0.4, -0.2) is 33.2 Å². The van der Waals surface area contributed by atoms with Gasteiger partial charge in [0, 0.05) is 17.7 Å². The molecule has 0 atom stereocenters. The van der Waals surface area contributed by atoms with Crippen LogP contribution in [0, 0.1) is 26.7 Å². The number of aromatic nitrogens is 2. The zero-order valence-corrected chi connectivity index (χ0v) is 16.8.